The van der Waals surface area contributed by atoms with E-state index in [0.29, 0.717) is 23.3 Å². The van der Waals surface area contributed by atoms with E-state index in [4.69, 9.17) is 24.9 Å². The van der Waals surface area contributed by atoms with E-state index in [0.717, 1.165) is 111 Å². The molecule has 0 spiro atoms. The number of amidine groups is 2. The summed E-state index contributed by atoms with van der Waals surface area (Å²) >= 11 is 0. The van der Waals surface area contributed by atoms with Gasteiger partial charge in [0.25, 0.3) is 0 Å². The first-order chi connectivity index (χ1) is 46.6. The monoisotopic (exact) mass is 1200 g/mol. The van der Waals surface area contributed by atoms with Gasteiger partial charge in [-0.3, -0.25) is 4.57 Å². The van der Waals surface area contributed by atoms with Crippen LogP contribution in [0.15, 0.2) is 325 Å². The van der Waals surface area contributed by atoms with E-state index in [9.17, 15) is 0 Å². The number of fused-ring (bicyclic) bond motifs is 13. The zero-order valence-electron chi connectivity index (χ0n) is 50.8. The number of nitrogens with zero attached hydrogens (tertiary/aromatic N) is 9. The van der Waals surface area contributed by atoms with Crippen LogP contribution in [-0.2, 0) is 0 Å². The molecule has 1 N–H and O–H groups in total. The Labute approximate surface area is 541 Å². The van der Waals surface area contributed by atoms with Gasteiger partial charge in [0.15, 0.2) is 5.84 Å². The number of para-hydroxylation sites is 4. The number of aliphatic imine (C=N–C) groups is 2. The molecule has 0 bridgehead atoms. The smallest absolute Gasteiger partial charge is 0.235 e. The highest BCUT2D eigenvalue weighted by molar-refractivity contribution is 6.16. The Hall–Kier alpha value is -12.5. The number of allylic oxidation sites excluding steroid dienone is 2. The van der Waals surface area contributed by atoms with Gasteiger partial charge in [-0.15, -0.1) is 0 Å². The Kier molecular flexibility index (Phi) is 12.2. The fourth-order valence-electron chi connectivity index (χ4n) is 14.8. The minimum Gasteiger partial charge on any atom is -0.331 e. The highest BCUT2D eigenvalue weighted by Crippen LogP contribution is 2.51. The van der Waals surface area contributed by atoms with Crippen molar-refractivity contribution in [1.29, 1.82) is 0 Å². The van der Waals surface area contributed by atoms with Crippen LogP contribution in [0.3, 0.4) is 0 Å². The van der Waals surface area contributed by atoms with Crippen LogP contribution >= 0.6 is 0 Å². The maximum absolute atomic E-state index is 5.68. The SMILES string of the molecule is C1=CC2c3c(ccc4c5ccccc5n(-c5nc(-c6ccccc6)cc(-c6ccc7c(c6)c6ccccc6n7-c6ccccc6)n5)c34)N(C3N=C(c4cccc(-c5ccc6c(c5)c5cc(-c7ccccc7)ccc5n6-c5ccccc5)n4)N=C(c4ccccc4)N3)C2C=C1. The van der Waals surface area contributed by atoms with Gasteiger partial charge < -0.3 is 19.4 Å². The lowest BCUT2D eigenvalue weighted by Gasteiger charge is -2.36. The van der Waals surface area contributed by atoms with Crippen LogP contribution in [-0.4, -0.2) is 52.7 Å². The Balaban J connectivity index is 0.764. The number of hydrogen-bond acceptors (Lipinski definition) is 7. The summed E-state index contributed by atoms with van der Waals surface area (Å²) in [5.74, 6) is 1.77. The fraction of sp³-hybridized carbons (Fsp3) is 0.0357. The van der Waals surface area contributed by atoms with Gasteiger partial charge in [0.1, 0.15) is 11.5 Å². The molecule has 0 amide bonds. The van der Waals surface area contributed by atoms with E-state index in [1.54, 1.807) is 0 Å². The molecule has 11 aromatic carbocycles. The predicted molar refractivity (Wildman–Crippen MR) is 385 cm³/mol. The Morgan fingerprint density at radius 3 is 1.49 bits per heavy atom. The second-order valence-corrected chi connectivity index (χ2v) is 24.4. The molecular weight excluding hydrogens is 1150 g/mol. The number of nitrogens with one attached hydrogen (secondary N) is 1. The molecule has 0 saturated heterocycles. The molecule has 0 fully saturated rings. The van der Waals surface area contributed by atoms with Gasteiger partial charge in [-0.25, -0.2) is 24.9 Å². The standard InChI is InChI=1S/C84H56N10/c1-6-23-53(24-7-1)56-41-45-76-66(49-56)67-50-57(42-46-77(67)92(76)60-31-14-5-15-32-60)68-36-22-37-69(85-68)82-88-81(55-27-10-3-11-28-55)89-84(90-82)93-74-40-21-18-35-64(74)79-78(93)48-44-63-61-33-16-20-39-73(61)94(80(63)79)83-86-70(54-25-8-2-9-26-54)52-71(87-83)58-43-47-75-65(51-58)62-34-17-19-38-72(62)91(75)59-29-12-4-13-30-59/h1-52,64,74,84H,(H,88,89,90). The zero-order chi connectivity index (χ0) is 61.8. The van der Waals surface area contributed by atoms with Crippen LogP contribution in [0.2, 0.25) is 0 Å². The van der Waals surface area contributed by atoms with E-state index in [1.165, 1.54) is 27.5 Å². The third-order valence-electron chi connectivity index (χ3n) is 19.1. The molecule has 3 unspecified atom stereocenters. The van der Waals surface area contributed by atoms with Crippen LogP contribution in [0.1, 0.15) is 22.7 Å². The molecule has 442 valence electrons. The number of aromatic nitrogens is 6. The summed E-state index contributed by atoms with van der Waals surface area (Å²) in [4.78, 5) is 30.2. The van der Waals surface area contributed by atoms with Crippen molar-refractivity contribution in [2.24, 2.45) is 9.98 Å². The van der Waals surface area contributed by atoms with Crippen molar-refractivity contribution in [3.8, 4) is 62.2 Å². The third kappa shape index (κ3) is 8.60. The van der Waals surface area contributed by atoms with E-state index in [2.05, 4.69) is 327 Å². The van der Waals surface area contributed by atoms with Crippen molar-refractivity contribution >= 4 is 82.8 Å². The Morgan fingerprint density at radius 2 is 0.830 bits per heavy atom. The molecule has 0 saturated carbocycles. The molecule has 3 atom stereocenters. The molecule has 5 aromatic heterocycles. The van der Waals surface area contributed by atoms with Gasteiger partial charge in [0.05, 0.1) is 56.2 Å². The van der Waals surface area contributed by atoms with E-state index < -0.39 is 6.29 Å². The van der Waals surface area contributed by atoms with Crippen LogP contribution in [0.5, 0.6) is 0 Å². The third-order valence-corrected chi connectivity index (χ3v) is 19.1. The molecule has 0 radical (unpaired) electrons. The summed E-state index contributed by atoms with van der Waals surface area (Å²) in [6.45, 7) is 0. The van der Waals surface area contributed by atoms with Gasteiger partial charge in [-0.1, -0.05) is 218 Å². The summed E-state index contributed by atoms with van der Waals surface area (Å²) in [7, 11) is 0. The van der Waals surface area contributed by atoms with Crippen molar-refractivity contribution in [1.82, 2.24) is 34.0 Å². The highest BCUT2D eigenvalue weighted by Gasteiger charge is 2.44. The fourth-order valence-corrected chi connectivity index (χ4v) is 14.8. The molecule has 94 heavy (non-hydrogen) atoms. The quantitative estimate of drug-likeness (QED) is 0.147. The minimum atomic E-state index is -0.598. The largest absolute Gasteiger partial charge is 0.331 e. The zero-order valence-corrected chi connectivity index (χ0v) is 50.8. The van der Waals surface area contributed by atoms with Crippen LogP contribution in [0.4, 0.5) is 5.69 Å². The molecule has 3 aliphatic rings. The molecule has 7 heterocycles. The van der Waals surface area contributed by atoms with Crippen molar-refractivity contribution in [3.63, 3.8) is 0 Å². The summed E-state index contributed by atoms with van der Waals surface area (Å²) in [5, 5.41) is 10.8. The first-order valence-electron chi connectivity index (χ1n) is 32.0. The van der Waals surface area contributed by atoms with Gasteiger partial charge in [-0.2, -0.15) is 0 Å². The average molecular weight is 1210 g/mol. The molecule has 10 heteroatoms. The lowest BCUT2D eigenvalue weighted by atomic mass is 9.90. The normalized spacial score (nSPS) is 15.9. The molecular formula is C84H56N10. The number of benzene rings is 11. The molecule has 1 aliphatic carbocycles. The van der Waals surface area contributed by atoms with Crippen LogP contribution in [0, 0.1) is 0 Å². The maximum Gasteiger partial charge on any atom is 0.235 e. The van der Waals surface area contributed by atoms with Crippen molar-refractivity contribution in [2.75, 3.05) is 4.90 Å². The van der Waals surface area contributed by atoms with E-state index >= 15 is 0 Å². The van der Waals surface area contributed by atoms with Crippen molar-refractivity contribution < 1.29 is 0 Å². The van der Waals surface area contributed by atoms with E-state index in [-0.39, 0.29) is 12.0 Å². The van der Waals surface area contributed by atoms with Crippen molar-refractivity contribution in [3.05, 3.63) is 332 Å². The lowest BCUT2D eigenvalue weighted by molar-refractivity contribution is 0.536. The summed E-state index contributed by atoms with van der Waals surface area (Å²) in [5.41, 5.74) is 20.5. The van der Waals surface area contributed by atoms with Crippen molar-refractivity contribution in [2.45, 2.75) is 18.2 Å². The summed E-state index contributed by atoms with van der Waals surface area (Å²) in [6, 6.07) is 103. The topological polar surface area (TPSA) is 93.5 Å². The van der Waals surface area contributed by atoms with E-state index in [1.807, 2.05) is 12.1 Å². The first kappa shape index (κ1) is 53.3. The number of anilines is 1. The second kappa shape index (κ2) is 21.6. The predicted octanol–water partition coefficient (Wildman–Crippen LogP) is 19.0. The summed E-state index contributed by atoms with van der Waals surface area (Å²) in [6.07, 6.45) is 8.42. The lowest BCUT2D eigenvalue weighted by Crippen LogP contribution is -2.53. The molecule has 16 aromatic rings. The van der Waals surface area contributed by atoms with Gasteiger partial charge in [-0.05, 0) is 108 Å². The number of hydrogen-bond donors (Lipinski definition) is 1. The molecule has 10 nitrogen and oxygen atoms in total. The molecule has 2 aliphatic heterocycles. The Morgan fingerprint density at radius 1 is 0.330 bits per heavy atom. The highest BCUT2D eigenvalue weighted by atomic mass is 15.4. The van der Waals surface area contributed by atoms with Gasteiger partial charge >= 0.3 is 0 Å². The maximum atomic E-state index is 5.68. The number of rotatable bonds is 10. The minimum absolute atomic E-state index is 0.0691. The Bertz CT molecular complexity index is 5840. The van der Waals surface area contributed by atoms with Crippen LogP contribution < -0.4 is 10.2 Å². The first-order valence-corrected chi connectivity index (χ1v) is 32.0. The number of pyridine rings is 1. The summed E-state index contributed by atoms with van der Waals surface area (Å²) < 4.78 is 7.04. The van der Waals surface area contributed by atoms with Crippen LogP contribution in [0.25, 0.3) is 128 Å². The second-order valence-electron chi connectivity index (χ2n) is 24.4. The average Bonchev–Trinajstić information content (AvgIpc) is 1.55. The van der Waals surface area contributed by atoms with Gasteiger partial charge in [0, 0.05) is 83.1 Å². The van der Waals surface area contributed by atoms with Gasteiger partial charge in [0.2, 0.25) is 12.2 Å². The molecule has 19 rings (SSSR count).